The van der Waals surface area contributed by atoms with Crippen molar-refractivity contribution >= 4 is 35.0 Å². The normalized spacial score (nSPS) is 10.6. The molecule has 0 aliphatic rings. The van der Waals surface area contributed by atoms with Crippen molar-refractivity contribution in [2.45, 2.75) is 18.6 Å². The van der Waals surface area contributed by atoms with Crippen molar-refractivity contribution in [2.24, 2.45) is 0 Å². The lowest BCUT2D eigenvalue weighted by Crippen LogP contribution is -2.17. The van der Waals surface area contributed by atoms with Crippen molar-refractivity contribution in [1.29, 1.82) is 0 Å². The molecule has 0 saturated carbocycles. The lowest BCUT2D eigenvalue weighted by atomic mass is 10.2. The number of carbonyl (C=O) groups is 2. The van der Waals surface area contributed by atoms with Crippen LogP contribution in [0.5, 0.6) is 5.75 Å². The Hall–Kier alpha value is -4.31. The standard InChI is InChI=1S/C27H27N5O4S/c1-18-8-12-20(13-9-18)32-24(16-28-19-10-14-21(35-2)15-11-19)30-31-27(32)37-17-25(33)29-23-7-5-4-6-22(23)26(34)36-3/h4-15,28H,16-17H2,1-3H3,(H,29,33). The van der Waals surface area contributed by atoms with Crippen LogP contribution in [0, 0.1) is 6.92 Å². The first-order valence-corrected chi connectivity index (χ1v) is 12.5. The Morgan fingerprint density at radius 3 is 2.38 bits per heavy atom. The van der Waals surface area contributed by atoms with Crippen LogP contribution in [0.1, 0.15) is 21.7 Å². The van der Waals surface area contributed by atoms with E-state index in [4.69, 9.17) is 9.47 Å². The number of anilines is 2. The second-order valence-corrected chi connectivity index (χ2v) is 8.97. The average Bonchev–Trinajstić information content (AvgIpc) is 3.34. The van der Waals surface area contributed by atoms with Gasteiger partial charge in [-0.15, -0.1) is 10.2 Å². The Labute approximate surface area is 219 Å². The molecule has 190 valence electrons. The maximum Gasteiger partial charge on any atom is 0.339 e. The van der Waals surface area contributed by atoms with Crippen LogP contribution < -0.4 is 15.4 Å². The summed E-state index contributed by atoms with van der Waals surface area (Å²) in [5.74, 6) is 0.748. The van der Waals surface area contributed by atoms with Gasteiger partial charge >= 0.3 is 5.97 Å². The van der Waals surface area contributed by atoms with Gasteiger partial charge in [-0.2, -0.15) is 0 Å². The summed E-state index contributed by atoms with van der Waals surface area (Å²) in [6, 6.07) is 22.3. The Morgan fingerprint density at radius 2 is 1.68 bits per heavy atom. The zero-order valence-electron chi connectivity index (χ0n) is 20.7. The minimum Gasteiger partial charge on any atom is -0.497 e. The molecule has 4 aromatic rings. The monoisotopic (exact) mass is 517 g/mol. The summed E-state index contributed by atoms with van der Waals surface area (Å²) in [6.45, 7) is 2.45. The van der Waals surface area contributed by atoms with Gasteiger partial charge in [0.05, 0.1) is 37.8 Å². The molecule has 9 nitrogen and oxygen atoms in total. The number of ether oxygens (including phenoxy) is 2. The number of aromatic nitrogens is 3. The van der Waals surface area contributed by atoms with Crippen molar-refractivity contribution in [2.75, 3.05) is 30.6 Å². The number of thioether (sulfide) groups is 1. The topological polar surface area (TPSA) is 107 Å². The van der Waals surface area contributed by atoms with E-state index in [-0.39, 0.29) is 17.2 Å². The predicted octanol–water partition coefficient (Wildman–Crippen LogP) is 4.71. The molecule has 0 spiro atoms. The van der Waals surface area contributed by atoms with Gasteiger partial charge in [0.25, 0.3) is 0 Å². The molecule has 37 heavy (non-hydrogen) atoms. The molecule has 10 heteroatoms. The Balaban J connectivity index is 1.50. The molecule has 0 atom stereocenters. The number of rotatable bonds is 10. The number of esters is 1. The highest BCUT2D eigenvalue weighted by Crippen LogP contribution is 2.24. The number of aryl methyl sites for hydroxylation is 1. The highest BCUT2D eigenvalue weighted by atomic mass is 32.2. The Bertz CT molecular complexity index is 1370. The SMILES string of the molecule is COC(=O)c1ccccc1NC(=O)CSc1nnc(CNc2ccc(OC)cc2)n1-c1ccc(C)cc1. The van der Waals surface area contributed by atoms with Gasteiger partial charge in [0.2, 0.25) is 5.91 Å². The van der Waals surface area contributed by atoms with Crippen LogP contribution in [-0.2, 0) is 16.1 Å². The minimum atomic E-state index is -0.517. The molecule has 4 rings (SSSR count). The Kier molecular flexibility index (Phi) is 8.42. The van der Waals surface area contributed by atoms with Crippen molar-refractivity contribution in [3.05, 3.63) is 89.7 Å². The molecule has 3 aromatic carbocycles. The van der Waals surface area contributed by atoms with Gasteiger partial charge < -0.3 is 20.1 Å². The Morgan fingerprint density at radius 1 is 0.946 bits per heavy atom. The van der Waals surface area contributed by atoms with Crippen LogP contribution in [0.3, 0.4) is 0 Å². The van der Waals surface area contributed by atoms with Crippen molar-refractivity contribution < 1.29 is 19.1 Å². The zero-order chi connectivity index (χ0) is 26.2. The number of hydrogen-bond acceptors (Lipinski definition) is 8. The van der Waals surface area contributed by atoms with Crippen LogP contribution in [0.4, 0.5) is 11.4 Å². The van der Waals surface area contributed by atoms with E-state index in [9.17, 15) is 9.59 Å². The molecule has 1 aromatic heterocycles. The first kappa shape index (κ1) is 25.8. The molecular weight excluding hydrogens is 490 g/mol. The molecule has 0 aliphatic carbocycles. The summed E-state index contributed by atoms with van der Waals surface area (Å²) >= 11 is 1.26. The molecule has 0 unspecified atom stereocenters. The summed E-state index contributed by atoms with van der Waals surface area (Å²) in [7, 11) is 2.93. The molecule has 0 radical (unpaired) electrons. The highest BCUT2D eigenvalue weighted by molar-refractivity contribution is 7.99. The van der Waals surface area contributed by atoms with Gasteiger partial charge in [-0.1, -0.05) is 41.6 Å². The second kappa shape index (κ2) is 12.1. The molecule has 0 aliphatic heterocycles. The van der Waals surface area contributed by atoms with Crippen LogP contribution in [0.15, 0.2) is 78.0 Å². The molecule has 1 heterocycles. The third-order valence-corrected chi connectivity index (χ3v) is 6.40. The van der Waals surface area contributed by atoms with E-state index in [1.807, 2.05) is 60.0 Å². The van der Waals surface area contributed by atoms with Gasteiger partial charge in [0, 0.05) is 11.4 Å². The fraction of sp³-hybridized carbons (Fsp3) is 0.185. The lowest BCUT2D eigenvalue weighted by molar-refractivity contribution is -0.113. The van der Waals surface area contributed by atoms with Crippen molar-refractivity contribution in [3.63, 3.8) is 0 Å². The summed E-state index contributed by atoms with van der Waals surface area (Å²) in [4.78, 5) is 24.8. The molecule has 0 bridgehead atoms. The minimum absolute atomic E-state index is 0.0748. The van der Waals surface area contributed by atoms with Crippen LogP contribution in [0.2, 0.25) is 0 Å². The van der Waals surface area contributed by atoms with Crippen molar-refractivity contribution in [1.82, 2.24) is 14.8 Å². The number of nitrogens with one attached hydrogen (secondary N) is 2. The number of amides is 1. The van der Waals surface area contributed by atoms with Gasteiger partial charge in [-0.05, 0) is 55.5 Å². The summed E-state index contributed by atoms with van der Waals surface area (Å²) in [6.07, 6.45) is 0. The second-order valence-electron chi connectivity index (χ2n) is 8.03. The summed E-state index contributed by atoms with van der Waals surface area (Å²) < 4.78 is 11.9. The first-order valence-electron chi connectivity index (χ1n) is 11.5. The fourth-order valence-corrected chi connectivity index (χ4v) is 4.32. The summed E-state index contributed by atoms with van der Waals surface area (Å²) in [5, 5.41) is 15.5. The smallest absolute Gasteiger partial charge is 0.339 e. The van der Waals surface area contributed by atoms with E-state index in [1.54, 1.807) is 31.4 Å². The van der Waals surface area contributed by atoms with Gasteiger partial charge in [0.1, 0.15) is 5.75 Å². The molecule has 1 amide bonds. The van der Waals surface area contributed by atoms with E-state index in [0.29, 0.717) is 23.2 Å². The largest absolute Gasteiger partial charge is 0.497 e. The average molecular weight is 518 g/mol. The maximum absolute atomic E-state index is 12.7. The van der Waals surface area contributed by atoms with Crippen LogP contribution in [-0.4, -0.2) is 46.6 Å². The highest BCUT2D eigenvalue weighted by Gasteiger charge is 2.18. The molecule has 2 N–H and O–H groups in total. The number of benzene rings is 3. The number of nitrogens with zero attached hydrogens (tertiary/aromatic N) is 3. The quantitative estimate of drug-likeness (QED) is 0.230. The van der Waals surface area contributed by atoms with E-state index in [0.717, 1.165) is 22.7 Å². The van der Waals surface area contributed by atoms with Crippen LogP contribution >= 0.6 is 11.8 Å². The van der Waals surface area contributed by atoms with E-state index in [1.165, 1.54) is 18.9 Å². The van der Waals surface area contributed by atoms with E-state index >= 15 is 0 Å². The fourth-order valence-electron chi connectivity index (χ4n) is 3.55. The van der Waals surface area contributed by atoms with Crippen molar-refractivity contribution in [3.8, 4) is 11.4 Å². The number of hydrogen-bond donors (Lipinski definition) is 2. The maximum atomic E-state index is 12.7. The van der Waals surface area contributed by atoms with E-state index < -0.39 is 5.97 Å². The van der Waals surface area contributed by atoms with Gasteiger partial charge in [-0.3, -0.25) is 9.36 Å². The van der Waals surface area contributed by atoms with Gasteiger partial charge in [0.15, 0.2) is 11.0 Å². The number of methoxy groups -OCH3 is 2. The van der Waals surface area contributed by atoms with E-state index in [2.05, 4.69) is 20.8 Å². The molecular formula is C27H27N5O4S. The first-order chi connectivity index (χ1) is 18.0. The zero-order valence-corrected chi connectivity index (χ0v) is 21.5. The number of para-hydroxylation sites is 1. The lowest BCUT2D eigenvalue weighted by Gasteiger charge is -2.12. The molecule has 0 saturated heterocycles. The summed E-state index contributed by atoms with van der Waals surface area (Å²) in [5.41, 5.74) is 3.62. The predicted molar refractivity (Wildman–Crippen MR) is 144 cm³/mol. The van der Waals surface area contributed by atoms with Crippen LogP contribution in [0.25, 0.3) is 5.69 Å². The third-order valence-electron chi connectivity index (χ3n) is 5.47. The van der Waals surface area contributed by atoms with Gasteiger partial charge in [-0.25, -0.2) is 4.79 Å². The third kappa shape index (κ3) is 6.47. The number of carbonyl (C=O) groups excluding carboxylic acids is 2. The molecule has 0 fully saturated rings.